The van der Waals surface area contributed by atoms with Crippen LogP contribution in [-0.2, 0) is 9.53 Å². The molecule has 1 unspecified atom stereocenters. The number of hydrogen-bond acceptors (Lipinski definition) is 3. The molecule has 0 spiro atoms. The van der Waals surface area contributed by atoms with Crippen molar-refractivity contribution in [3.8, 4) is 0 Å². The smallest absolute Gasteiger partial charge is 0.414 e. The number of hydrogen-bond donors (Lipinski definition) is 1. The van der Waals surface area contributed by atoms with Gasteiger partial charge in [0.1, 0.15) is 6.61 Å². The molecule has 1 aliphatic heterocycles. The van der Waals surface area contributed by atoms with Gasteiger partial charge >= 0.3 is 6.09 Å². The summed E-state index contributed by atoms with van der Waals surface area (Å²) in [5.74, 6) is -0.149. The Labute approximate surface area is 146 Å². The van der Waals surface area contributed by atoms with E-state index in [1.807, 2.05) is 61.5 Å². The molecule has 1 heterocycles. The predicted molar refractivity (Wildman–Crippen MR) is 97.2 cm³/mol. The standard InChI is InChI=1S/C20H20N2O3/c1-15(21-19(23)12-7-16-5-3-2-4-6-16)17-8-10-18(11-9-17)22-13-14-25-20(22)24/h2-12,15H,13-14H2,1H3,(H,21,23). The number of rotatable bonds is 5. The first kappa shape index (κ1) is 16.8. The quantitative estimate of drug-likeness (QED) is 0.850. The third-order valence-corrected chi connectivity index (χ3v) is 4.05. The largest absolute Gasteiger partial charge is 0.447 e. The van der Waals surface area contributed by atoms with Crippen molar-refractivity contribution in [2.45, 2.75) is 13.0 Å². The van der Waals surface area contributed by atoms with Crippen LogP contribution in [0.15, 0.2) is 60.7 Å². The first-order valence-corrected chi connectivity index (χ1v) is 8.21. The third-order valence-electron chi connectivity index (χ3n) is 4.05. The van der Waals surface area contributed by atoms with Gasteiger partial charge in [-0.1, -0.05) is 42.5 Å². The lowest BCUT2D eigenvalue weighted by Gasteiger charge is -2.16. The van der Waals surface area contributed by atoms with Crippen molar-refractivity contribution < 1.29 is 14.3 Å². The molecule has 1 N–H and O–H groups in total. The maximum Gasteiger partial charge on any atom is 0.414 e. The summed E-state index contributed by atoms with van der Waals surface area (Å²) in [5, 5.41) is 2.93. The Morgan fingerprint density at radius 1 is 1.16 bits per heavy atom. The highest BCUT2D eigenvalue weighted by molar-refractivity contribution is 5.92. The van der Waals surface area contributed by atoms with Gasteiger partial charge in [0.25, 0.3) is 0 Å². The fourth-order valence-electron chi connectivity index (χ4n) is 2.65. The van der Waals surface area contributed by atoms with Gasteiger partial charge in [0.05, 0.1) is 12.6 Å². The molecule has 0 aliphatic carbocycles. The summed E-state index contributed by atoms with van der Waals surface area (Å²) >= 11 is 0. The van der Waals surface area contributed by atoms with Gasteiger partial charge in [-0.05, 0) is 36.3 Å². The van der Waals surface area contributed by atoms with Crippen LogP contribution in [0.5, 0.6) is 0 Å². The van der Waals surface area contributed by atoms with Gasteiger partial charge in [0.15, 0.2) is 0 Å². The third kappa shape index (κ3) is 4.26. The number of amides is 2. The van der Waals surface area contributed by atoms with Gasteiger partial charge in [-0.2, -0.15) is 0 Å². The van der Waals surface area contributed by atoms with Crippen molar-refractivity contribution in [3.63, 3.8) is 0 Å². The Morgan fingerprint density at radius 3 is 2.52 bits per heavy atom. The zero-order valence-corrected chi connectivity index (χ0v) is 14.0. The number of ether oxygens (including phenoxy) is 1. The Bertz CT molecular complexity index is 769. The normalized spacial score (nSPS) is 15.2. The summed E-state index contributed by atoms with van der Waals surface area (Å²) in [7, 11) is 0. The Balaban J connectivity index is 1.59. The van der Waals surface area contributed by atoms with Crippen LogP contribution in [0.4, 0.5) is 10.5 Å². The van der Waals surface area contributed by atoms with E-state index < -0.39 is 0 Å². The van der Waals surface area contributed by atoms with E-state index in [1.165, 1.54) is 6.08 Å². The molecular weight excluding hydrogens is 316 g/mol. The van der Waals surface area contributed by atoms with Crippen molar-refractivity contribution in [1.82, 2.24) is 5.32 Å². The average molecular weight is 336 g/mol. The van der Waals surface area contributed by atoms with Gasteiger partial charge in [0, 0.05) is 11.8 Å². The number of benzene rings is 2. The number of carbonyl (C=O) groups excluding carboxylic acids is 2. The molecule has 2 aromatic rings. The maximum absolute atomic E-state index is 12.1. The summed E-state index contributed by atoms with van der Waals surface area (Å²) in [4.78, 5) is 25.2. The summed E-state index contributed by atoms with van der Waals surface area (Å²) in [5.41, 5.74) is 2.75. The lowest BCUT2D eigenvalue weighted by atomic mass is 10.1. The molecule has 0 saturated carbocycles. The van der Waals surface area contributed by atoms with E-state index in [4.69, 9.17) is 4.74 Å². The van der Waals surface area contributed by atoms with Crippen LogP contribution in [0.25, 0.3) is 6.08 Å². The van der Waals surface area contributed by atoms with Crippen LogP contribution >= 0.6 is 0 Å². The average Bonchev–Trinajstić information content (AvgIpc) is 3.07. The molecule has 0 aromatic heterocycles. The summed E-state index contributed by atoms with van der Waals surface area (Å²) < 4.78 is 4.94. The Morgan fingerprint density at radius 2 is 1.88 bits per heavy atom. The minimum absolute atomic E-state index is 0.132. The van der Waals surface area contributed by atoms with Gasteiger partial charge in [-0.3, -0.25) is 9.69 Å². The van der Waals surface area contributed by atoms with E-state index in [2.05, 4.69) is 5.32 Å². The van der Waals surface area contributed by atoms with Gasteiger partial charge in [0.2, 0.25) is 5.91 Å². The molecule has 1 atom stereocenters. The monoisotopic (exact) mass is 336 g/mol. The first-order valence-electron chi connectivity index (χ1n) is 8.21. The highest BCUT2D eigenvalue weighted by Gasteiger charge is 2.23. The molecule has 2 aromatic carbocycles. The van der Waals surface area contributed by atoms with Crippen LogP contribution in [0.3, 0.4) is 0 Å². The fraction of sp³-hybridized carbons (Fsp3) is 0.200. The van der Waals surface area contributed by atoms with Crippen molar-refractivity contribution >= 4 is 23.8 Å². The topological polar surface area (TPSA) is 58.6 Å². The molecule has 3 rings (SSSR count). The molecule has 5 nitrogen and oxygen atoms in total. The Kier molecular flexibility index (Phi) is 5.14. The van der Waals surface area contributed by atoms with Crippen molar-refractivity contribution in [2.75, 3.05) is 18.1 Å². The fourth-order valence-corrected chi connectivity index (χ4v) is 2.65. The second-order valence-electron chi connectivity index (χ2n) is 5.83. The molecule has 1 aliphatic rings. The molecule has 1 fully saturated rings. The van der Waals surface area contributed by atoms with Crippen molar-refractivity contribution in [3.05, 3.63) is 71.8 Å². The molecule has 0 radical (unpaired) electrons. The molecule has 1 saturated heterocycles. The van der Waals surface area contributed by atoms with E-state index in [0.29, 0.717) is 13.2 Å². The Hall–Kier alpha value is -3.08. The van der Waals surface area contributed by atoms with Crippen LogP contribution in [0.1, 0.15) is 24.1 Å². The first-order chi connectivity index (χ1) is 12.1. The number of nitrogens with one attached hydrogen (secondary N) is 1. The maximum atomic E-state index is 12.1. The van der Waals surface area contributed by atoms with Gasteiger partial charge in [-0.25, -0.2) is 4.79 Å². The van der Waals surface area contributed by atoms with E-state index in [1.54, 1.807) is 11.0 Å². The summed E-state index contributed by atoms with van der Waals surface area (Å²) in [6, 6.07) is 17.1. The van der Waals surface area contributed by atoms with E-state index in [9.17, 15) is 9.59 Å². The molecule has 0 bridgehead atoms. The van der Waals surface area contributed by atoms with Crippen LogP contribution in [0, 0.1) is 0 Å². The number of nitrogens with zero attached hydrogens (tertiary/aromatic N) is 1. The minimum atomic E-state index is -0.319. The molecule has 2 amide bonds. The summed E-state index contributed by atoms with van der Waals surface area (Å²) in [6.45, 7) is 2.91. The zero-order chi connectivity index (χ0) is 17.6. The number of anilines is 1. The molecular formula is C20H20N2O3. The van der Waals surface area contributed by atoms with Crippen LogP contribution < -0.4 is 10.2 Å². The lowest BCUT2D eigenvalue weighted by molar-refractivity contribution is -0.117. The predicted octanol–water partition coefficient (Wildman–Crippen LogP) is 3.53. The highest BCUT2D eigenvalue weighted by atomic mass is 16.6. The molecule has 5 heteroatoms. The van der Waals surface area contributed by atoms with Crippen molar-refractivity contribution in [2.24, 2.45) is 0 Å². The zero-order valence-electron chi connectivity index (χ0n) is 14.0. The van der Waals surface area contributed by atoms with Crippen LogP contribution in [0.2, 0.25) is 0 Å². The molecule has 25 heavy (non-hydrogen) atoms. The minimum Gasteiger partial charge on any atom is -0.447 e. The lowest BCUT2D eigenvalue weighted by Crippen LogP contribution is -2.25. The SMILES string of the molecule is CC(NC(=O)C=Cc1ccccc1)c1ccc(N2CCOC2=O)cc1. The highest BCUT2D eigenvalue weighted by Crippen LogP contribution is 2.21. The second-order valence-corrected chi connectivity index (χ2v) is 5.83. The van der Waals surface area contributed by atoms with Crippen molar-refractivity contribution in [1.29, 1.82) is 0 Å². The van der Waals surface area contributed by atoms with Gasteiger partial charge < -0.3 is 10.1 Å². The van der Waals surface area contributed by atoms with E-state index in [0.717, 1.165) is 16.8 Å². The molecule has 128 valence electrons. The van der Waals surface area contributed by atoms with E-state index >= 15 is 0 Å². The number of carbonyl (C=O) groups is 2. The van der Waals surface area contributed by atoms with E-state index in [-0.39, 0.29) is 18.0 Å². The number of cyclic esters (lactones) is 1. The van der Waals surface area contributed by atoms with Crippen LogP contribution in [-0.4, -0.2) is 25.2 Å². The summed E-state index contributed by atoms with van der Waals surface area (Å²) in [6.07, 6.45) is 2.99. The second kappa shape index (κ2) is 7.66. The van der Waals surface area contributed by atoms with Gasteiger partial charge in [-0.15, -0.1) is 0 Å².